The molecule has 1 aliphatic carbocycles. The zero-order valence-corrected chi connectivity index (χ0v) is 10.4. The van der Waals surface area contributed by atoms with Gasteiger partial charge in [0, 0.05) is 5.56 Å². The van der Waals surface area contributed by atoms with Crippen LogP contribution in [0.1, 0.15) is 25.3 Å². The first-order valence-corrected chi connectivity index (χ1v) is 6.31. The van der Waals surface area contributed by atoms with Gasteiger partial charge in [-0.1, -0.05) is 35.5 Å². The van der Waals surface area contributed by atoms with Crippen molar-refractivity contribution < 1.29 is 0 Å². The fourth-order valence-corrected chi connectivity index (χ4v) is 2.49. The molecule has 3 nitrogen and oxygen atoms in total. The number of nitrogens with zero attached hydrogens (tertiary/aromatic N) is 3. The van der Waals surface area contributed by atoms with Crippen LogP contribution in [-0.4, -0.2) is 15.0 Å². The van der Waals surface area contributed by atoms with E-state index in [0.29, 0.717) is 6.04 Å². The second kappa shape index (κ2) is 4.01. The summed E-state index contributed by atoms with van der Waals surface area (Å²) in [4.78, 5) is 0. The molecule has 2 aromatic rings. The van der Waals surface area contributed by atoms with Crippen molar-refractivity contribution >= 4 is 15.9 Å². The van der Waals surface area contributed by atoms with Gasteiger partial charge < -0.3 is 0 Å². The Kier molecular flexibility index (Phi) is 2.52. The minimum Gasteiger partial charge on any atom is -0.240 e. The van der Waals surface area contributed by atoms with Gasteiger partial charge >= 0.3 is 0 Å². The van der Waals surface area contributed by atoms with Crippen LogP contribution in [0.15, 0.2) is 34.9 Å². The van der Waals surface area contributed by atoms with Crippen molar-refractivity contribution in [3.63, 3.8) is 0 Å². The highest BCUT2D eigenvalue weighted by Gasteiger charge is 2.25. The van der Waals surface area contributed by atoms with Crippen molar-refractivity contribution in [1.82, 2.24) is 15.0 Å². The van der Waals surface area contributed by atoms with E-state index in [1.165, 1.54) is 24.8 Å². The molecule has 1 aliphatic rings. The van der Waals surface area contributed by atoms with E-state index in [4.69, 9.17) is 0 Å². The summed E-state index contributed by atoms with van der Waals surface area (Å²) in [6.45, 7) is 0. The van der Waals surface area contributed by atoms with Gasteiger partial charge in [0.2, 0.25) is 0 Å². The van der Waals surface area contributed by atoms with Gasteiger partial charge in [0.05, 0.1) is 6.04 Å². The second-order valence-electron chi connectivity index (χ2n) is 4.12. The molecule has 0 spiro atoms. The molecule has 1 aromatic heterocycles. The van der Waals surface area contributed by atoms with E-state index in [0.717, 1.165) is 10.3 Å². The van der Waals surface area contributed by atoms with E-state index < -0.39 is 0 Å². The molecule has 1 aromatic carbocycles. The summed E-state index contributed by atoms with van der Waals surface area (Å²) in [6, 6.07) is 10.8. The molecule has 1 fully saturated rings. The van der Waals surface area contributed by atoms with Crippen LogP contribution in [0.2, 0.25) is 0 Å². The lowest BCUT2D eigenvalue weighted by Crippen LogP contribution is -2.19. The number of benzene rings is 1. The summed E-state index contributed by atoms with van der Waals surface area (Å²) in [6.07, 6.45) is 3.74. The highest BCUT2D eigenvalue weighted by atomic mass is 79.9. The zero-order valence-electron chi connectivity index (χ0n) is 8.81. The van der Waals surface area contributed by atoms with Gasteiger partial charge in [-0.25, -0.2) is 4.68 Å². The molecule has 0 N–H and O–H groups in total. The SMILES string of the molecule is Brc1nnn(C2CCC2)c1-c1ccccc1. The fourth-order valence-electron chi connectivity index (χ4n) is 2.01. The summed E-state index contributed by atoms with van der Waals surface area (Å²) in [5.41, 5.74) is 2.27. The monoisotopic (exact) mass is 277 g/mol. The molecule has 0 aliphatic heterocycles. The lowest BCUT2D eigenvalue weighted by atomic mass is 9.93. The van der Waals surface area contributed by atoms with Gasteiger partial charge in [-0.05, 0) is 35.2 Å². The number of rotatable bonds is 2. The molecule has 1 saturated carbocycles. The number of hydrogen-bond acceptors (Lipinski definition) is 2. The molecular formula is C12H12BrN3. The Balaban J connectivity index is 2.08. The van der Waals surface area contributed by atoms with Gasteiger partial charge in [-0.15, -0.1) is 5.10 Å². The summed E-state index contributed by atoms with van der Waals surface area (Å²) in [5, 5.41) is 8.36. The van der Waals surface area contributed by atoms with Crippen molar-refractivity contribution in [2.24, 2.45) is 0 Å². The quantitative estimate of drug-likeness (QED) is 0.842. The third-order valence-corrected chi connectivity index (χ3v) is 3.66. The predicted octanol–water partition coefficient (Wildman–Crippen LogP) is 3.43. The number of halogens is 1. The summed E-state index contributed by atoms with van der Waals surface area (Å²) in [5.74, 6) is 0. The van der Waals surface area contributed by atoms with Crippen LogP contribution in [0.4, 0.5) is 0 Å². The van der Waals surface area contributed by atoms with Crippen LogP contribution in [0.5, 0.6) is 0 Å². The second-order valence-corrected chi connectivity index (χ2v) is 4.88. The number of hydrogen-bond donors (Lipinski definition) is 0. The average Bonchev–Trinajstić information content (AvgIpc) is 2.59. The minimum absolute atomic E-state index is 0.536. The molecular weight excluding hydrogens is 266 g/mol. The molecule has 0 saturated heterocycles. The lowest BCUT2D eigenvalue weighted by Gasteiger charge is -2.26. The topological polar surface area (TPSA) is 30.7 Å². The van der Waals surface area contributed by atoms with Crippen LogP contribution in [0, 0.1) is 0 Å². The van der Waals surface area contributed by atoms with Crippen molar-refractivity contribution in [3.05, 3.63) is 34.9 Å². The van der Waals surface area contributed by atoms with Crippen molar-refractivity contribution in [3.8, 4) is 11.3 Å². The maximum atomic E-state index is 4.23. The summed E-state index contributed by atoms with van der Waals surface area (Å²) in [7, 11) is 0. The first-order valence-electron chi connectivity index (χ1n) is 5.52. The average molecular weight is 278 g/mol. The van der Waals surface area contributed by atoms with Gasteiger partial charge in [-0.3, -0.25) is 0 Å². The molecule has 16 heavy (non-hydrogen) atoms. The largest absolute Gasteiger partial charge is 0.240 e. The minimum atomic E-state index is 0.536. The molecule has 0 amide bonds. The molecule has 0 atom stereocenters. The van der Waals surface area contributed by atoms with E-state index in [-0.39, 0.29) is 0 Å². The summed E-state index contributed by atoms with van der Waals surface area (Å²) >= 11 is 3.48. The molecule has 1 heterocycles. The Morgan fingerprint density at radius 2 is 1.94 bits per heavy atom. The Morgan fingerprint density at radius 1 is 1.19 bits per heavy atom. The highest BCUT2D eigenvalue weighted by molar-refractivity contribution is 9.10. The Hall–Kier alpha value is -1.16. The maximum absolute atomic E-state index is 4.23. The van der Waals surface area contributed by atoms with Crippen LogP contribution in [0.25, 0.3) is 11.3 Å². The van der Waals surface area contributed by atoms with E-state index in [1.54, 1.807) is 0 Å². The van der Waals surface area contributed by atoms with Gasteiger partial charge in [0.15, 0.2) is 4.60 Å². The Morgan fingerprint density at radius 3 is 2.56 bits per heavy atom. The predicted molar refractivity (Wildman–Crippen MR) is 66.0 cm³/mol. The highest BCUT2D eigenvalue weighted by Crippen LogP contribution is 2.36. The number of aromatic nitrogens is 3. The van der Waals surface area contributed by atoms with Crippen LogP contribution in [0.3, 0.4) is 0 Å². The lowest BCUT2D eigenvalue weighted by molar-refractivity contribution is 0.287. The third-order valence-electron chi connectivity index (χ3n) is 3.12. The zero-order chi connectivity index (χ0) is 11.0. The van der Waals surface area contributed by atoms with Gasteiger partial charge in [-0.2, -0.15) is 0 Å². The van der Waals surface area contributed by atoms with E-state index in [2.05, 4.69) is 43.1 Å². The van der Waals surface area contributed by atoms with Crippen LogP contribution < -0.4 is 0 Å². The van der Waals surface area contributed by atoms with Crippen LogP contribution in [-0.2, 0) is 0 Å². The molecule has 0 unspecified atom stereocenters. The third kappa shape index (κ3) is 1.57. The molecule has 4 heteroatoms. The van der Waals surface area contributed by atoms with Crippen molar-refractivity contribution in [2.45, 2.75) is 25.3 Å². The first-order chi connectivity index (χ1) is 7.86. The molecule has 0 radical (unpaired) electrons. The van der Waals surface area contributed by atoms with Crippen LogP contribution >= 0.6 is 15.9 Å². The normalized spacial score (nSPS) is 16.1. The van der Waals surface area contributed by atoms with Gasteiger partial charge in [0.1, 0.15) is 5.69 Å². The van der Waals surface area contributed by atoms with E-state index >= 15 is 0 Å². The maximum Gasteiger partial charge on any atom is 0.156 e. The molecule has 82 valence electrons. The Labute approximate surface area is 103 Å². The first kappa shape index (κ1) is 10.0. The van der Waals surface area contributed by atoms with Gasteiger partial charge in [0.25, 0.3) is 0 Å². The Bertz CT molecular complexity index is 488. The van der Waals surface area contributed by atoms with E-state index in [1.807, 2.05) is 18.2 Å². The van der Waals surface area contributed by atoms with E-state index in [9.17, 15) is 0 Å². The molecule has 3 rings (SSSR count). The van der Waals surface area contributed by atoms with Crippen molar-refractivity contribution in [1.29, 1.82) is 0 Å². The smallest absolute Gasteiger partial charge is 0.156 e. The fraction of sp³-hybridized carbons (Fsp3) is 0.333. The summed E-state index contributed by atoms with van der Waals surface area (Å²) < 4.78 is 2.90. The van der Waals surface area contributed by atoms with Crippen molar-refractivity contribution in [2.75, 3.05) is 0 Å². The standard InChI is InChI=1S/C12H12BrN3/c13-12-11(9-5-2-1-3-6-9)16(15-14-12)10-7-4-8-10/h1-3,5-6,10H,4,7-8H2. The molecule has 0 bridgehead atoms.